The first kappa shape index (κ1) is 15.2. The van der Waals surface area contributed by atoms with Gasteiger partial charge in [-0.15, -0.1) is 0 Å². The van der Waals surface area contributed by atoms with E-state index in [4.69, 9.17) is 11.6 Å². The summed E-state index contributed by atoms with van der Waals surface area (Å²) in [4.78, 5) is 15.9. The number of aromatic carboxylic acids is 1. The van der Waals surface area contributed by atoms with Crippen LogP contribution in [0.3, 0.4) is 0 Å². The third-order valence-corrected chi connectivity index (χ3v) is 3.68. The van der Waals surface area contributed by atoms with E-state index in [0.29, 0.717) is 28.2 Å². The van der Waals surface area contributed by atoms with Crippen LogP contribution in [0.1, 0.15) is 16.1 Å². The molecule has 23 heavy (non-hydrogen) atoms. The molecular formula is C15H12ClFN4O2. The molecule has 1 aromatic carbocycles. The number of nitrogens with zero attached hydrogens (tertiary/aromatic N) is 3. The van der Waals surface area contributed by atoms with Gasteiger partial charge in [-0.2, -0.15) is 5.10 Å². The normalized spacial score (nSPS) is 11.0. The van der Waals surface area contributed by atoms with Crippen LogP contribution < -0.4 is 5.32 Å². The summed E-state index contributed by atoms with van der Waals surface area (Å²) in [7, 11) is 1.69. The van der Waals surface area contributed by atoms with E-state index in [2.05, 4.69) is 15.4 Å². The number of hydrogen-bond acceptors (Lipinski definition) is 4. The summed E-state index contributed by atoms with van der Waals surface area (Å²) >= 11 is 5.74. The Balaban J connectivity index is 2.12. The fraction of sp³-hybridized carbons (Fsp3) is 0.133. The van der Waals surface area contributed by atoms with E-state index in [0.717, 1.165) is 0 Å². The molecule has 8 heteroatoms. The van der Waals surface area contributed by atoms with E-state index in [9.17, 15) is 14.3 Å². The van der Waals surface area contributed by atoms with Gasteiger partial charge >= 0.3 is 5.97 Å². The monoisotopic (exact) mass is 334 g/mol. The molecule has 3 rings (SSSR count). The Hall–Kier alpha value is -2.67. The molecule has 0 saturated carbocycles. The van der Waals surface area contributed by atoms with Crippen molar-refractivity contribution in [2.24, 2.45) is 7.05 Å². The number of carbonyl (C=O) groups is 1. The van der Waals surface area contributed by atoms with Crippen LogP contribution in [-0.2, 0) is 7.05 Å². The Morgan fingerprint density at radius 1 is 1.39 bits per heavy atom. The van der Waals surface area contributed by atoms with Gasteiger partial charge in [0, 0.05) is 12.7 Å². The molecule has 0 saturated heterocycles. The van der Waals surface area contributed by atoms with Crippen molar-refractivity contribution in [3.63, 3.8) is 0 Å². The standard InChI is InChI=1S/C15H12ClFN4O2/c1-7-13-9(15(22)23)6-12(19-14(13)21(2)20-7)18-8-3-4-11(17)10(16)5-8/h3-6H,1-2H3,(H,18,19)(H,22,23). The molecule has 0 aliphatic carbocycles. The van der Waals surface area contributed by atoms with Crippen LogP contribution in [0.25, 0.3) is 11.0 Å². The van der Waals surface area contributed by atoms with E-state index in [1.165, 1.54) is 28.9 Å². The molecule has 2 N–H and O–H groups in total. The van der Waals surface area contributed by atoms with Crippen LogP contribution in [0, 0.1) is 12.7 Å². The second-order valence-electron chi connectivity index (χ2n) is 5.02. The van der Waals surface area contributed by atoms with Gasteiger partial charge < -0.3 is 10.4 Å². The molecule has 0 amide bonds. The van der Waals surface area contributed by atoms with Crippen molar-refractivity contribution in [2.45, 2.75) is 6.92 Å². The first-order chi connectivity index (χ1) is 10.9. The van der Waals surface area contributed by atoms with Crippen LogP contribution in [0.4, 0.5) is 15.9 Å². The molecule has 6 nitrogen and oxygen atoms in total. The van der Waals surface area contributed by atoms with Crippen molar-refractivity contribution < 1.29 is 14.3 Å². The fourth-order valence-corrected chi connectivity index (χ4v) is 2.58. The Morgan fingerprint density at radius 3 is 2.78 bits per heavy atom. The number of nitrogens with one attached hydrogen (secondary N) is 1. The van der Waals surface area contributed by atoms with Crippen LogP contribution in [-0.4, -0.2) is 25.8 Å². The van der Waals surface area contributed by atoms with Gasteiger partial charge in [-0.3, -0.25) is 4.68 Å². The number of pyridine rings is 1. The number of halogens is 2. The number of anilines is 2. The maximum absolute atomic E-state index is 13.2. The minimum atomic E-state index is -1.08. The van der Waals surface area contributed by atoms with Gasteiger partial charge in [0.15, 0.2) is 5.65 Å². The molecule has 0 aliphatic rings. The Bertz CT molecular complexity index is 939. The Kier molecular flexibility index (Phi) is 3.65. The van der Waals surface area contributed by atoms with Crippen LogP contribution in [0.5, 0.6) is 0 Å². The van der Waals surface area contributed by atoms with Crippen molar-refractivity contribution in [1.29, 1.82) is 0 Å². The van der Waals surface area contributed by atoms with Crippen LogP contribution in [0.2, 0.25) is 5.02 Å². The van der Waals surface area contributed by atoms with Gasteiger partial charge in [-0.05, 0) is 31.2 Å². The van der Waals surface area contributed by atoms with Gasteiger partial charge in [-0.25, -0.2) is 14.2 Å². The summed E-state index contributed by atoms with van der Waals surface area (Å²) in [5.41, 5.74) is 1.62. The van der Waals surface area contributed by atoms with E-state index in [1.54, 1.807) is 14.0 Å². The summed E-state index contributed by atoms with van der Waals surface area (Å²) in [5.74, 6) is -1.30. The zero-order valence-corrected chi connectivity index (χ0v) is 13.0. The summed E-state index contributed by atoms with van der Waals surface area (Å²) in [5, 5.41) is 17.0. The Morgan fingerprint density at radius 2 is 2.13 bits per heavy atom. The van der Waals surface area contributed by atoms with Crippen molar-refractivity contribution in [1.82, 2.24) is 14.8 Å². The van der Waals surface area contributed by atoms with Gasteiger partial charge in [0.25, 0.3) is 0 Å². The summed E-state index contributed by atoms with van der Waals surface area (Å²) in [6, 6.07) is 5.52. The lowest BCUT2D eigenvalue weighted by molar-refractivity contribution is 0.0699. The number of aromatic nitrogens is 3. The first-order valence-electron chi connectivity index (χ1n) is 6.66. The number of rotatable bonds is 3. The third kappa shape index (κ3) is 2.70. The largest absolute Gasteiger partial charge is 0.478 e. The first-order valence-corrected chi connectivity index (χ1v) is 7.04. The summed E-state index contributed by atoms with van der Waals surface area (Å²) in [6.45, 7) is 1.73. The molecule has 2 heterocycles. The highest BCUT2D eigenvalue weighted by molar-refractivity contribution is 6.31. The smallest absolute Gasteiger partial charge is 0.336 e. The number of hydrogen-bond donors (Lipinski definition) is 2. The molecule has 0 aliphatic heterocycles. The zero-order chi connectivity index (χ0) is 16.7. The quantitative estimate of drug-likeness (QED) is 0.766. The lowest BCUT2D eigenvalue weighted by Crippen LogP contribution is -2.03. The molecule has 0 radical (unpaired) electrons. The van der Waals surface area contributed by atoms with Gasteiger partial charge in [0.05, 0.1) is 21.7 Å². The predicted octanol–water partition coefficient (Wildman–Crippen LogP) is 3.51. The fourth-order valence-electron chi connectivity index (χ4n) is 2.40. The lowest BCUT2D eigenvalue weighted by atomic mass is 10.1. The van der Waals surface area contributed by atoms with Crippen molar-refractivity contribution >= 4 is 40.1 Å². The van der Waals surface area contributed by atoms with E-state index in [1.807, 2.05) is 0 Å². The van der Waals surface area contributed by atoms with Crippen molar-refractivity contribution in [2.75, 3.05) is 5.32 Å². The molecule has 0 unspecified atom stereocenters. The average molecular weight is 335 g/mol. The minimum Gasteiger partial charge on any atom is -0.478 e. The van der Waals surface area contributed by atoms with Gasteiger partial charge in [0.2, 0.25) is 0 Å². The van der Waals surface area contributed by atoms with Crippen molar-refractivity contribution in [3.05, 3.63) is 46.4 Å². The molecule has 0 bridgehead atoms. The van der Waals surface area contributed by atoms with Crippen LogP contribution >= 0.6 is 11.6 Å². The summed E-state index contributed by atoms with van der Waals surface area (Å²) < 4.78 is 14.7. The topological polar surface area (TPSA) is 80.0 Å². The average Bonchev–Trinajstić information content (AvgIpc) is 2.77. The van der Waals surface area contributed by atoms with Crippen LogP contribution in [0.15, 0.2) is 24.3 Å². The minimum absolute atomic E-state index is 0.0362. The molecule has 0 fully saturated rings. The molecule has 0 atom stereocenters. The number of aryl methyl sites for hydroxylation is 2. The predicted molar refractivity (Wildman–Crippen MR) is 84.9 cm³/mol. The zero-order valence-electron chi connectivity index (χ0n) is 12.3. The maximum atomic E-state index is 13.2. The number of carboxylic acid groups (broad SMARTS) is 1. The second kappa shape index (κ2) is 5.51. The number of carboxylic acids is 1. The highest BCUT2D eigenvalue weighted by Gasteiger charge is 2.18. The summed E-state index contributed by atoms with van der Waals surface area (Å²) in [6.07, 6.45) is 0. The van der Waals surface area contributed by atoms with E-state index < -0.39 is 11.8 Å². The molecular weight excluding hydrogens is 323 g/mol. The number of benzene rings is 1. The van der Waals surface area contributed by atoms with Crippen molar-refractivity contribution in [3.8, 4) is 0 Å². The van der Waals surface area contributed by atoms with Gasteiger partial charge in [-0.1, -0.05) is 11.6 Å². The molecule has 118 valence electrons. The third-order valence-electron chi connectivity index (χ3n) is 3.39. The lowest BCUT2D eigenvalue weighted by Gasteiger charge is -2.08. The highest BCUT2D eigenvalue weighted by atomic mass is 35.5. The van der Waals surface area contributed by atoms with E-state index >= 15 is 0 Å². The van der Waals surface area contributed by atoms with E-state index in [-0.39, 0.29) is 10.6 Å². The van der Waals surface area contributed by atoms with Gasteiger partial charge in [0.1, 0.15) is 11.6 Å². The second-order valence-corrected chi connectivity index (χ2v) is 5.43. The number of fused-ring (bicyclic) bond motifs is 1. The molecule has 2 aromatic heterocycles. The Labute approximate surface area is 135 Å². The molecule has 0 spiro atoms. The highest BCUT2D eigenvalue weighted by Crippen LogP contribution is 2.27. The maximum Gasteiger partial charge on any atom is 0.336 e. The molecule has 3 aromatic rings. The SMILES string of the molecule is Cc1nn(C)c2nc(Nc3ccc(F)c(Cl)c3)cc(C(=O)O)c12.